The monoisotopic (exact) mass is 398 g/mol. The molecule has 24 heavy (non-hydrogen) atoms. The van der Waals surface area contributed by atoms with Gasteiger partial charge in [0, 0.05) is 52.0 Å². The van der Waals surface area contributed by atoms with Crippen molar-refractivity contribution in [2.24, 2.45) is 0 Å². The first-order valence-electron chi connectivity index (χ1n) is 7.56. The maximum absolute atomic E-state index is 12.3. The highest BCUT2D eigenvalue weighted by Gasteiger charge is 2.29. The molecule has 2 saturated heterocycles. The highest BCUT2D eigenvalue weighted by atomic mass is 35.5. The molecule has 2 aliphatic heterocycles. The van der Waals surface area contributed by atoms with Crippen LogP contribution in [0.5, 0.6) is 0 Å². The van der Waals surface area contributed by atoms with Crippen molar-refractivity contribution in [3.63, 3.8) is 0 Å². The van der Waals surface area contributed by atoms with E-state index in [1.807, 2.05) is 29.3 Å². The molecular weight excluding hydrogens is 375 g/mol. The number of nitrogens with one attached hydrogen (secondary N) is 1. The van der Waals surface area contributed by atoms with Crippen LogP contribution in [0.1, 0.15) is 5.69 Å². The van der Waals surface area contributed by atoms with Crippen molar-refractivity contribution < 1.29 is 9.53 Å². The summed E-state index contributed by atoms with van der Waals surface area (Å²) in [5, 5.41) is 3.21. The second-order valence-electron chi connectivity index (χ2n) is 5.49. The number of carbonyl (C=O) groups excluding carboxylic acids is 1. The maximum atomic E-state index is 12.3. The van der Waals surface area contributed by atoms with E-state index in [0.29, 0.717) is 13.2 Å². The van der Waals surface area contributed by atoms with E-state index in [2.05, 4.69) is 15.2 Å². The average Bonchev–Trinajstić information content (AvgIpc) is 2.57. The molecule has 138 valence electrons. The number of pyridine rings is 1. The Labute approximate surface area is 161 Å². The number of amides is 1. The molecule has 0 aromatic carbocycles. The van der Waals surface area contributed by atoms with Crippen LogP contribution in [-0.4, -0.2) is 72.7 Å². The number of carbonyl (C=O) groups is 1. The Morgan fingerprint density at radius 2 is 1.96 bits per heavy atom. The van der Waals surface area contributed by atoms with Gasteiger partial charge in [-0.3, -0.25) is 14.7 Å². The van der Waals surface area contributed by atoms with E-state index in [0.717, 1.165) is 45.0 Å². The molecule has 6 nitrogen and oxygen atoms in total. The Hall–Kier alpha value is -0.630. The van der Waals surface area contributed by atoms with E-state index in [-0.39, 0.29) is 49.2 Å². The van der Waals surface area contributed by atoms with Crippen molar-refractivity contribution in [3.8, 4) is 0 Å². The molecule has 2 fully saturated rings. The zero-order valence-corrected chi connectivity index (χ0v) is 15.9. The molecule has 1 N–H and O–H groups in total. The van der Waals surface area contributed by atoms with Gasteiger partial charge in [-0.25, -0.2) is 0 Å². The van der Waals surface area contributed by atoms with Crippen LogP contribution in [-0.2, 0) is 16.1 Å². The SMILES string of the molecule is Cl.Cl.Cl.O=C(C1CNCCO1)N1CCN(Cc2ccccn2)CC1. The second-order valence-corrected chi connectivity index (χ2v) is 5.49. The topological polar surface area (TPSA) is 57.7 Å². The molecule has 3 heterocycles. The normalized spacial score (nSPS) is 21.0. The van der Waals surface area contributed by atoms with Crippen LogP contribution >= 0.6 is 37.2 Å². The van der Waals surface area contributed by atoms with Crippen LogP contribution in [0, 0.1) is 0 Å². The van der Waals surface area contributed by atoms with Gasteiger partial charge in [0.05, 0.1) is 12.3 Å². The van der Waals surface area contributed by atoms with Gasteiger partial charge in [0.1, 0.15) is 6.10 Å². The molecule has 9 heteroatoms. The highest BCUT2D eigenvalue weighted by Crippen LogP contribution is 2.09. The fourth-order valence-electron chi connectivity index (χ4n) is 2.77. The lowest BCUT2D eigenvalue weighted by molar-refractivity contribution is -0.147. The number of aromatic nitrogens is 1. The average molecular weight is 400 g/mol. The van der Waals surface area contributed by atoms with Gasteiger partial charge in [-0.05, 0) is 12.1 Å². The molecule has 0 radical (unpaired) electrons. The van der Waals surface area contributed by atoms with Crippen molar-refractivity contribution in [1.29, 1.82) is 0 Å². The van der Waals surface area contributed by atoms with Crippen LogP contribution in [0.2, 0.25) is 0 Å². The summed E-state index contributed by atoms with van der Waals surface area (Å²) in [7, 11) is 0. The first-order valence-corrected chi connectivity index (χ1v) is 7.56. The van der Waals surface area contributed by atoms with Gasteiger partial charge >= 0.3 is 0 Å². The third-order valence-corrected chi connectivity index (χ3v) is 4.00. The van der Waals surface area contributed by atoms with Gasteiger partial charge in [-0.1, -0.05) is 6.07 Å². The quantitative estimate of drug-likeness (QED) is 0.821. The maximum Gasteiger partial charge on any atom is 0.253 e. The summed E-state index contributed by atoms with van der Waals surface area (Å²) in [5.41, 5.74) is 1.08. The highest BCUT2D eigenvalue weighted by molar-refractivity contribution is 5.86. The molecule has 1 unspecified atom stereocenters. The molecular formula is C15H25Cl3N4O2. The zero-order valence-electron chi connectivity index (χ0n) is 13.4. The Kier molecular flexibility index (Phi) is 11.5. The van der Waals surface area contributed by atoms with E-state index in [9.17, 15) is 4.79 Å². The van der Waals surface area contributed by atoms with Crippen LogP contribution in [0.25, 0.3) is 0 Å². The van der Waals surface area contributed by atoms with Crippen LogP contribution in [0.15, 0.2) is 24.4 Å². The lowest BCUT2D eigenvalue weighted by atomic mass is 10.2. The molecule has 2 aliphatic rings. The van der Waals surface area contributed by atoms with Gasteiger partial charge in [0.15, 0.2) is 0 Å². The van der Waals surface area contributed by atoms with Gasteiger partial charge in [0.2, 0.25) is 0 Å². The van der Waals surface area contributed by atoms with Crippen molar-refractivity contribution in [1.82, 2.24) is 20.1 Å². The number of nitrogens with zero attached hydrogens (tertiary/aromatic N) is 3. The van der Waals surface area contributed by atoms with E-state index in [4.69, 9.17) is 4.74 Å². The zero-order chi connectivity index (χ0) is 14.5. The Bertz CT molecular complexity index is 467. The number of morpholine rings is 1. The summed E-state index contributed by atoms with van der Waals surface area (Å²) in [5.74, 6) is 0.125. The Balaban J connectivity index is 0.00000176. The smallest absolute Gasteiger partial charge is 0.253 e. The largest absolute Gasteiger partial charge is 0.366 e. The fourth-order valence-corrected chi connectivity index (χ4v) is 2.77. The molecule has 0 bridgehead atoms. The fraction of sp³-hybridized carbons (Fsp3) is 0.600. The minimum Gasteiger partial charge on any atom is -0.366 e. The summed E-state index contributed by atoms with van der Waals surface area (Å²) in [4.78, 5) is 21.0. The molecule has 1 aromatic heterocycles. The van der Waals surface area contributed by atoms with Crippen LogP contribution < -0.4 is 5.32 Å². The first kappa shape index (κ1) is 23.4. The summed E-state index contributed by atoms with van der Waals surface area (Å²) in [6.07, 6.45) is 1.52. The predicted molar refractivity (Wildman–Crippen MR) is 100 cm³/mol. The van der Waals surface area contributed by atoms with Gasteiger partial charge in [-0.2, -0.15) is 0 Å². The molecule has 0 aliphatic carbocycles. The van der Waals surface area contributed by atoms with Gasteiger partial charge in [0.25, 0.3) is 5.91 Å². The lowest BCUT2D eigenvalue weighted by Crippen LogP contribution is -2.54. The Morgan fingerprint density at radius 3 is 2.54 bits per heavy atom. The summed E-state index contributed by atoms with van der Waals surface area (Å²) in [6.45, 7) is 6.26. The lowest BCUT2D eigenvalue weighted by Gasteiger charge is -2.36. The number of halogens is 3. The van der Waals surface area contributed by atoms with Crippen LogP contribution in [0.3, 0.4) is 0 Å². The minimum atomic E-state index is -0.305. The molecule has 0 spiro atoms. The number of rotatable bonds is 3. The van der Waals surface area contributed by atoms with E-state index in [1.165, 1.54) is 0 Å². The third-order valence-electron chi connectivity index (χ3n) is 4.00. The summed E-state index contributed by atoms with van der Waals surface area (Å²) < 4.78 is 5.54. The minimum absolute atomic E-state index is 0. The van der Waals surface area contributed by atoms with E-state index >= 15 is 0 Å². The summed E-state index contributed by atoms with van der Waals surface area (Å²) in [6, 6.07) is 5.98. The van der Waals surface area contributed by atoms with E-state index < -0.39 is 0 Å². The van der Waals surface area contributed by atoms with Gasteiger partial charge < -0.3 is 15.0 Å². The Morgan fingerprint density at radius 1 is 1.21 bits per heavy atom. The van der Waals surface area contributed by atoms with E-state index in [1.54, 1.807) is 0 Å². The molecule has 3 rings (SSSR count). The number of ether oxygens (including phenoxy) is 1. The van der Waals surface area contributed by atoms with Crippen molar-refractivity contribution >= 4 is 43.1 Å². The molecule has 1 atom stereocenters. The van der Waals surface area contributed by atoms with Gasteiger partial charge in [-0.15, -0.1) is 37.2 Å². The third kappa shape index (κ3) is 6.35. The molecule has 0 saturated carbocycles. The van der Waals surface area contributed by atoms with Crippen LogP contribution in [0.4, 0.5) is 0 Å². The van der Waals surface area contributed by atoms with Crippen molar-refractivity contribution in [3.05, 3.63) is 30.1 Å². The summed E-state index contributed by atoms with van der Waals surface area (Å²) >= 11 is 0. The molecule has 1 amide bonds. The van der Waals surface area contributed by atoms with Crippen molar-refractivity contribution in [2.75, 3.05) is 45.9 Å². The van der Waals surface area contributed by atoms with Crippen molar-refractivity contribution in [2.45, 2.75) is 12.6 Å². The predicted octanol–water partition coefficient (Wildman–Crippen LogP) is 0.980. The first-order chi connectivity index (χ1) is 10.3. The molecule has 1 aromatic rings. The number of piperazine rings is 1. The second kappa shape index (κ2) is 11.8. The number of hydrogen-bond donors (Lipinski definition) is 1. The standard InChI is InChI=1S/C15H22N4O2.3ClH/c20-15(14-11-16-5-10-21-14)19-8-6-18(7-9-19)12-13-3-1-2-4-17-13;;;/h1-4,14,16H,5-12H2;3*1H. The number of hydrogen-bond acceptors (Lipinski definition) is 5.